The number of methoxy groups -OCH3 is 1. The first kappa shape index (κ1) is 11.8. The molecule has 1 rings (SSSR count). The van der Waals surface area contributed by atoms with Gasteiger partial charge in [0.15, 0.2) is 11.6 Å². The quantitative estimate of drug-likeness (QED) is 0.608. The lowest BCUT2D eigenvalue weighted by atomic mass is 10.1. The van der Waals surface area contributed by atoms with Crippen molar-refractivity contribution in [2.45, 2.75) is 32.4 Å². The Balaban J connectivity index is 2.92. The van der Waals surface area contributed by atoms with Gasteiger partial charge in [-0.25, -0.2) is 0 Å². The van der Waals surface area contributed by atoms with E-state index in [0.717, 1.165) is 0 Å². The van der Waals surface area contributed by atoms with Gasteiger partial charge in [0.25, 0.3) is 0 Å². The van der Waals surface area contributed by atoms with Gasteiger partial charge < -0.3 is 9.64 Å². The van der Waals surface area contributed by atoms with Crippen LogP contribution in [0.3, 0.4) is 0 Å². The van der Waals surface area contributed by atoms with E-state index in [1.165, 1.54) is 25.9 Å². The second-order valence-corrected chi connectivity index (χ2v) is 3.72. The Morgan fingerprint density at radius 2 is 2.07 bits per heavy atom. The predicted octanol–water partition coefficient (Wildman–Crippen LogP) is -0.220. The number of hydrogen-bond donors (Lipinski definition) is 0. The Labute approximate surface area is 88.4 Å². The Kier molecular flexibility index (Phi) is 3.57. The molecule has 0 spiro atoms. The first-order valence-corrected chi connectivity index (χ1v) is 4.80. The van der Waals surface area contributed by atoms with Gasteiger partial charge in [0.1, 0.15) is 6.04 Å². The Hall–Kier alpha value is -1.23. The normalized spacial score (nSPS) is 25.8. The third-order valence-corrected chi connectivity index (χ3v) is 2.52. The number of Topliss-reactive ketones (excluding diaryl/α,β-unsaturated/α-hetero) is 2. The molecule has 1 amide bonds. The summed E-state index contributed by atoms with van der Waals surface area (Å²) in [6.07, 6.45) is 0.206. The summed E-state index contributed by atoms with van der Waals surface area (Å²) in [5, 5.41) is 0. The molecule has 1 fully saturated rings. The number of rotatable bonds is 3. The van der Waals surface area contributed by atoms with Crippen molar-refractivity contribution in [3.63, 3.8) is 0 Å². The molecule has 1 heterocycles. The smallest absolute Gasteiger partial charge is 0.220 e. The molecule has 1 unspecified atom stereocenters. The average Bonchev–Trinajstić information content (AvgIpc) is 2.42. The summed E-state index contributed by atoms with van der Waals surface area (Å²) in [7, 11) is 1.50. The van der Waals surface area contributed by atoms with Crippen molar-refractivity contribution in [2.75, 3.05) is 13.7 Å². The van der Waals surface area contributed by atoms with Gasteiger partial charge in [0, 0.05) is 20.5 Å². The minimum Gasteiger partial charge on any atom is -0.383 e. The summed E-state index contributed by atoms with van der Waals surface area (Å²) in [5.41, 5.74) is 0. The van der Waals surface area contributed by atoms with Crippen LogP contribution in [-0.2, 0) is 19.1 Å². The largest absolute Gasteiger partial charge is 0.383 e. The first-order chi connectivity index (χ1) is 6.99. The van der Waals surface area contributed by atoms with Crippen molar-refractivity contribution < 1.29 is 19.1 Å². The third-order valence-electron chi connectivity index (χ3n) is 2.52. The van der Waals surface area contributed by atoms with E-state index in [2.05, 4.69) is 0 Å². The number of amides is 1. The van der Waals surface area contributed by atoms with E-state index in [4.69, 9.17) is 4.74 Å². The van der Waals surface area contributed by atoms with Gasteiger partial charge in [0.2, 0.25) is 5.91 Å². The zero-order valence-corrected chi connectivity index (χ0v) is 9.15. The molecular formula is C10H15NO4. The van der Waals surface area contributed by atoms with Gasteiger partial charge in [-0.2, -0.15) is 0 Å². The molecule has 2 atom stereocenters. The molecule has 1 saturated heterocycles. The SMILES string of the molecule is COC[C@@H]1CC(=O)C(C(C)=O)N1C(C)=O. The summed E-state index contributed by atoms with van der Waals surface area (Å²) in [6.45, 7) is 2.97. The molecule has 0 aromatic heterocycles. The number of ether oxygens (including phenoxy) is 1. The van der Waals surface area contributed by atoms with Crippen LogP contribution in [0.1, 0.15) is 20.3 Å². The predicted molar refractivity (Wildman–Crippen MR) is 52.3 cm³/mol. The highest BCUT2D eigenvalue weighted by atomic mass is 16.5. The van der Waals surface area contributed by atoms with Gasteiger partial charge in [-0.05, 0) is 6.92 Å². The topological polar surface area (TPSA) is 63.7 Å². The number of ketones is 2. The summed E-state index contributed by atoms with van der Waals surface area (Å²) >= 11 is 0. The molecule has 5 heteroatoms. The van der Waals surface area contributed by atoms with Gasteiger partial charge in [-0.15, -0.1) is 0 Å². The van der Waals surface area contributed by atoms with E-state index in [1.807, 2.05) is 0 Å². The molecule has 0 saturated carbocycles. The minimum atomic E-state index is -0.900. The van der Waals surface area contributed by atoms with Gasteiger partial charge in [-0.1, -0.05) is 0 Å². The van der Waals surface area contributed by atoms with Gasteiger partial charge in [0.05, 0.1) is 12.6 Å². The van der Waals surface area contributed by atoms with E-state index in [-0.39, 0.29) is 36.5 Å². The lowest BCUT2D eigenvalue weighted by Gasteiger charge is -2.26. The van der Waals surface area contributed by atoms with E-state index in [9.17, 15) is 14.4 Å². The maximum atomic E-state index is 11.5. The number of carbonyl (C=O) groups is 3. The molecule has 84 valence electrons. The van der Waals surface area contributed by atoms with Crippen LogP contribution in [0.15, 0.2) is 0 Å². The van der Waals surface area contributed by atoms with Gasteiger partial charge in [-0.3, -0.25) is 14.4 Å². The van der Waals surface area contributed by atoms with E-state index >= 15 is 0 Å². The monoisotopic (exact) mass is 213 g/mol. The number of nitrogens with zero attached hydrogens (tertiary/aromatic N) is 1. The molecule has 0 bridgehead atoms. The average molecular weight is 213 g/mol. The highest BCUT2D eigenvalue weighted by molar-refractivity contribution is 6.09. The summed E-state index contributed by atoms with van der Waals surface area (Å²) in [4.78, 5) is 35.5. The van der Waals surface area contributed by atoms with E-state index in [1.54, 1.807) is 0 Å². The zero-order chi connectivity index (χ0) is 11.6. The fourth-order valence-corrected chi connectivity index (χ4v) is 2.00. The van der Waals surface area contributed by atoms with Crippen LogP contribution in [0.25, 0.3) is 0 Å². The van der Waals surface area contributed by atoms with Crippen LogP contribution in [0.2, 0.25) is 0 Å². The van der Waals surface area contributed by atoms with Crippen LogP contribution < -0.4 is 0 Å². The summed E-state index contributed by atoms with van der Waals surface area (Å²) < 4.78 is 4.93. The molecule has 0 N–H and O–H groups in total. The van der Waals surface area contributed by atoms with Crippen molar-refractivity contribution in [1.82, 2.24) is 4.90 Å². The van der Waals surface area contributed by atoms with Crippen LogP contribution >= 0.6 is 0 Å². The van der Waals surface area contributed by atoms with Crippen LogP contribution in [-0.4, -0.2) is 48.2 Å². The number of carbonyl (C=O) groups excluding carboxylic acids is 3. The molecule has 0 aromatic rings. The summed E-state index contributed by atoms with van der Waals surface area (Å²) in [6, 6.07) is -1.20. The van der Waals surface area contributed by atoms with Crippen molar-refractivity contribution >= 4 is 17.5 Å². The van der Waals surface area contributed by atoms with E-state index in [0.29, 0.717) is 0 Å². The highest BCUT2D eigenvalue weighted by Crippen LogP contribution is 2.22. The molecule has 1 aliphatic rings. The first-order valence-electron chi connectivity index (χ1n) is 4.80. The molecule has 15 heavy (non-hydrogen) atoms. The number of likely N-dealkylation sites (tertiary alicyclic amines) is 1. The fraction of sp³-hybridized carbons (Fsp3) is 0.700. The van der Waals surface area contributed by atoms with Crippen LogP contribution in [0.5, 0.6) is 0 Å². The van der Waals surface area contributed by atoms with Crippen molar-refractivity contribution in [1.29, 1.82) is 0 Å². The zero-order valence-electron chi connectivity index (χ0n) is 9.15. The van der Waals surface area contributed by atoms with Crippen molar-refractivity contribution in [3.05, 3.63) is 0 Å². The lowest BCUT2D eigenvalue weighted by molar-refractivity contribution is -0.141. The molecule has 1 aliphatic heterocycles. The molecule has 5 nitrogen and oxygen atoms in total. The van der Waals surface area contributed by atoms with E-state index < -0.39 is 6.04 Å². The Morgan fingerprint density at radius 3 is 2.47 bits per heavy atom. The fourth-order valence-electron chi connectivity index (χ4n) is 2.00. The van der Waals surface area contributed by atoms with Crippen LogP contribution in [0, 0.1) is 0 Å². The standard InChI is InChI=1S/C10H15NO4/c1-6(12)10-9(14)4-8(5-15-3)11(10)7(2)13/h8,10H,4-5H2,1-3H3/t8-,10?/m0/s1. The maximum absolute atomic E-state index is 11.5. The maximum Gasteiger partial charge on any atom is 0.220 e. The van der Waals surface area contributed by atoms with Gasteiger partial charge >= 0.3 is 0 Å². The second kappa shape index (κ2) is 4.53. The third kappa shape index (κ3) is 2.23. The molecule has 0 aliphatic carbocycles. The molecule has 0 aromatic carbocycles. The molecule has 0 radical (unpaired) electrons. The second-order valence-electron chi connectivity index (χ2n) is 3.72. The van der Waals surface area contributed by atoms with Crippen molar-refractivity contribution in [2.24, 2.45) is 0 Å². The lowest BCUT2D eigenvalue weighted by Crippen LogP contribution is -2.46. The minimum absolute atomic E-state index is 0.195. The number of hydrogen-bond acceptors (Lipinski definition) is 4. The van der Waals surface area contributed by atoms with Crippen LogP contribution in [0.4, 0.5) is 0 Å². The summed E-state index contributed by atoms with van der Waals surface area (Å²) in [5.74, 6) is -0.739. The Bertz CT molecular complexity index is 300. The van der Waals surface area contributed by atoms with Crippen molar-refractivity contribution in [3.8, 4) is 0 Å². The molecular weight excluding hydrogens is 198 g/mol. The highest BCUT2D eigenvalue weighted by Gasteiger charge is 2.43. The Morgan fingerprint density at radius 1 is 1.47 bits per heavy atom.